The number of piperazine rings is 1. The normalized spacial score (nSPS) is 27.5. The summed E-state index contributed by atoms with van der Waals surface area (Å²) in [6.07, 6.45) is 0.652. The van der Waals surface area contributed by atoms with E-state index in [1.807, 2.05) is 24.3 Å². The van der Waals surface area contributed by atoms with Gasteiger partial charge in [0.1, 0.15) is 17.8 Å². The number of nitrogens with zero attached hydrogens (tertiary/aromatic N) is 1. The SMILES string of the molecule is COc1ccccc1CN[C@H]1C[C@H]2C(=O)N[C@H](C)C(=O)N2C1. The van der Waals surface area contributed by atoms with Crippen molar-refractivity contribution in [2.45, 2.75) is 38.0 Å². The van der Waals surface area contributed by atoms with E-state index in [4.69, 9.17) is 4.74 Å². The number of benzene rings is 1. The predicted octanol–water partition coefficient (Wildman–Crippen LogP) is 0.273. The van der Waals surface area contributed by atoms with Crippen LogP contribution in [0.25, 0.3) is 0 Å². The lowest BCUT2D eigenvalue weighted by molar-refractivity contribution is -0.146. The molecule has 6 nitrogen and oxygen atoms in total. The Morgan fingerprint density at radius 1 is 1.36 bits per heavy atom. The van der Waals surface area contributed by atoms with Crippen molar-refractivity contribution >= 4 is 11.8 Å². The van der Waals surface area contributed by atoms with Crippen LogP contribution in [-0.2, 0) is 16.1 Å². The molecule has 3 rings (SSSR count). The van der Waals surface area contributed by atoms with Gasteiger partial charge in [0.05, 0.1) is 7.11 Å². The third-order valence-corrected chi connectivity index (χ3v) is 4.39. The van der Waals surface area contributed by atoms with Crippen LogP contribution in [0.1, 0.15) is 18.9 Å². The van der Waals surface area contributed by atoms with Gasteiger partial charge in [0, 0.05) is 24.7 Å². The first-order chi connectivity index (χ1) is 10.6. The monoisotopic (exact) mass is 303 g/mol. The number of carbonyl (C=O) groups excluding carboxylic acids is 2. The van der Waals surface area contributed by atoms with Gasteiger partial charge in [-0.3, -0.25) is 9.59 Å². The van der Waals surface area contributed by atoms with Gasteiger partial charge in [0.15, 0.2) is 0 Å². The molecule has 2 N–H and O–H groups in total. The number of carbonyl (C=O) groups is 2. The number of amides is 2. The molecule has 1 aromatic rings. The molecular formula is C16H21N3O3. The highest BCUT2D eigenvalue weighted by atomic mass is 16.5. The Labute approximate surface area is 129 Å². The van der Waals surface area contributed by atoms with Gasteiger partial charge in [0.2, 0.25) is 11.8 Å². The Morgan fingerprint density at radius 3 is 2.91 bits per heavy atom. The summed E-state index contributed by atoms with van der Waals surface area (Å²) in [5.74, 6) is 0.799. The summed E-state index contributed by atoms with van der Waals surface area (Å²) in [7, 11) is 1.65. The molecule has 6 heteroatoms. The zero-order valence-electron chi connectivity index (χ0n) is 12.8. The van der Waals surface area contributed by atoms with Crippen LogP contribution >= 0.6 is 0 Å². The number of nitrogens with one attached hydrogen (secondary N) is 2. The Balaban J connectivity index is 1.63. The molecule has 2 saturated heterocycles. The van der Waals surface area contributed by atoms with Crippen LogP contribution in [0, 0.1) is 0 Å². The maximum Gasteiger partial charge on any atom is 0.245 e. The molecule has 2 amide bonds. The molecule has 0 bridgehead atoms. The van der Waals surface area contributed by atoms with Gasteiger partial charge in [-0.2, -0.15) is 0 Å². The molecule has 1 aromatic carbocycles. The van der Waals surface area contributed by atoms with E-state index in [-0.39, 0.29) is 23.9 Å². The average Bonchev–Trinajstić information content (AvgIpc) is 2.96. The molecule has 0 spiro atoms. The molecule has 22 heavy (non-hydrogen) atoms. The Hall–Kier alpha value is -2.08. The third-order valence-electron chi connectivity index (χ3n) is 4.39. The zero-order valence-corrected chi connectivity index (χ0v) is 12.8. The summed E-state index contributed by atoms with van der Waals surface area (Å²) in [5.41, 5.74) is 1.07. The molecule has 3 atom stereocenters. The Bertz CT molecular complexity index is 590. The highest BCUT2D eigenvalue weighted by Gasteiger charge is 2.44. The largest absolute Gasteiger partial charge is 0.496 e. The van der Waals surface area contributed by atoms with Gasteiger partial charge in [-0.25, -0.2) is 0 Å². The average molecular weight is 303 g/mol. The fourth-order valence-corrected chi connectivity index (χ4v) is 3.20. The second-order valence-electron chi connectivity index (χ2n) is 5.86. The molecule has 0 radical (unpaired) electrons. The van der Waals surface area contributed by atoms with Crippen molar-refractivity contribution in [3.63, 3.8) is 0 Å². The summed E-state index contributed by atoms with van der Waals surface area (Å²) >= 11 is 0. The molecule has 2 heterocycles. The number of methoxy groups -OCH3 is 1. The van der Waals surface area contributed by atoms with E-state index in [0.717, 1.165) is 11.3 Å². The quantitative estimate of drug-likeness (QED) is 0.838. The van der Waals surface area contributed by atoms with E-state index < -0.39 is 6.04 Å². The van der Waals surface area contributed by atoms with Crippen LogP contribution in [0.15, 0.2) is 24.3 Å². The molecule has 2 fully saturated rings. The van der Waals surface area contributed by atoms with Crippen LogP contribution in [-0.4, -0.2) is 48.5 Å². The van der Waals surface area contributed by atoms with Crippen LogP contribution < -0.4 is 15.4 Å². The van der Waals surface area contributed by atoms with Gasteiger partial charge in [-0.1, -0.05) is 18.2 Å². The smallest absolute Gasteiger partial charge is 0.245 e. The van der Waals surface area contributed by atoms with Gasteiger partial charge in [0.25, 0.3) is 0 Å². The van der Waals surface area contributed by atoms with E-state index in [0.29, 0.717) is 19.5 Å². The highest BCUT2D eigenvalue weighted by Crippen LogP contribution is 2.24. The van der Waals surface area contributed by atoms with Crippen molar-refractivity contribution in [1.82, 2.24) is 15.5 Å². The standard InChI is InChI=1S/C16H21N3O3/c1-10-16(21)19-9-12(7-13(19)15(20)18-10)17-8-11-5-3-4-6-14(11)22-2/h3-6,10,12-13,17H,7-9H2,1-2H3,(H,18,20)/t10-,12+,13+/m1/s1. The molecule has 0 saturated carbocycles. The maximum atomic E-state index is 12.1. The van der Waals surface area contributed by atoms with Crippen LogP contribution in [0.2, 0.25) is 0 Å². The molecule has 0 aromatic heterocycles. The molecule has 0 unspecified atom stereocenters. The summed E-state index contributed by atoms with van der Waals surface area (Å²) in [4.78, 5) is 25.8. The lowest BCUT2D eigenvalue weighted by Gasteiger charge is -2.32. The van der Waals surface area contributed by atoms with Crippen LogP contribution in [0.4, 0.5) is 0 Å². The number of hydrogen-bond acceptors (Lipinski definition) is 4. The second kappa shape index (κ2) is 5.96. The van der Waals surface area contributed by atoms with Crippen molar-refractivity contribution in [1.29, 1.82) is 0 Å². The lowest BCUT2D eigenvalue weighted by Crippen LogP contribution is -2.60. The van der Waals surface area contributed by atoms with Crippen LogP contribution in [0.3, 0.4) is 0 Å². The van der Waals surface area contributed by atoms with Gasteiger partial charge in [-0.05, 0) is 19.4 Å². The fourth-order valence-electron chi connectivity index (χ4n) is 3.20. The van der Waals surface area contributed by atoms with Gasteiger partial charge < -0.3 is 20.3 Å². The number of hydrogen-bond donors (Lipinski definition) is 2. The fraction of sp³-hybridized carbons (Fsp3) is 0.500. The minimum absolute atomic E-state index is 0.00573. The number of fused-ring (bicyclic) bond motifs is 1. The molecule has 2 aliphatic heterocycles. The molecule has 118 valence electrons. The zero-order chi connectivity index (χ0) is 15.7. The number of para-hydroxylation sites is 1. The maximum absolute atomic E-state index is 12.1. The summed E-state index contributed by atoms with van der Waals surface area (Å²) in [6.45, 7) is 2.96. The first-order valence-corrected chi connectivity index (χ1v) is 7.56. The summed E-state index contributed by atoms with van der Waals surface area (Å²) < 4.78 is 5.33. The first-order valence-electron chi connectivity index (χ1n) is 7.56. The van der Waals surface area contributed by atoms with Crippen molar-refractivity contribution < 1.29 is 14.3 Å². The minimum Gasteiger partial charge on any atom is -0.496 e. The number of rotatable bonds is 4. The lowest BCUT2D eigenvalue weighted by atomic mass is 10.1. The first kappa shape index (κ1) is 14.8. The Morgan fingerprint density at radius 2 is 2.14 bits per heavy atom. The number of ether oxygens (including phenoxy) is 1. The van der Waals surface area contributed by atoms with E-state index in [1.54, 1.807) is 18.9 Å². The summed E-state index contributed by atoms with van der Waals surface area (Å²) in [6, 6.07) is 7.20. The van der Waals surface area contributed by atoms with Crippen molar-refractivity contribution in [2.24, 2.45) is 0 Å². The van der Waals surface area contributed by atoms with E-state index >= 15 is 0 Å². The predicted molar refractivity (Wildman–Crippen MR) is 81.3 cm³/mol. The van der Waals surface area contributed by atoms with Crippen molar-refractivity contribution in [2.75, 3.05) is 13.7 Å². The molecule has 0 aliphatic carbocycles. The minimum atomic E-state index is -0.420. The van der Waals surface area contributed by atoms with Crippen molar-refractivity contribution in [3.05, 3.63) is 29.8 Å². The Kier molecular flexibility index (Phi) is 4.02. The molecule has 2 aliphatic rings. The van der Waals surface area contributed by atoms with Gasteiger partial charge >= 0.3 is 0 Å². The van der Waals surface area contributed by atoms with E-state index in [9.17, 15) is 9.59 Å². The van der Waals surface area contributed by atoms with Gasteiger partial charge in [-0.15, -0.1) is 0 Å². The topological polar surface area (TPSA) is 70.7 Å². The van der Waals surface area contributed by atoms with Crippen molar-refractivity contribution in [3.8, 4) is 5.75 Å². The second-order valence-corrected chi connectivity index (χ2v) is 5.86. The summed E-state index contributed by atoms with van der Waals surface area (Å²) in [5, 5.41) is 6.17. The molecular weight excluding hydrogens is 282 g/mol. The van der Waals surface area contributed by atoms with Crippen LogP contribution in [0.5, 0.6) is 5.75 Å². The van der Waals surface area contributed by atoms with E-state index in [2.05, 4.69) is 10.6 Å². The van der Waals surface area contributed by atoms with E-state index in [1.165, 1.54) is 0 Å². The highest BCUT2D eigenvalue weighted by molar-refractivity contribution is 5.97. The third kappa shape index (κ3) is 2.66.